The predicted molar refractivity (Wildman–Crippen MR) is 114 cm³/mol. The quantitative estimate of drug-likeness (QED) is 0.607. The van der Waals surface area contributed by atoms with Crippen LogP contribution < -0.4 is 10.7 Å². The Morgan fingerprint density at radius 2 is 1.82 bits per heavy atom. The topological polar surface area (TPSA) is 129 Å². The standard InChI is InChI=1S/C23H23F2N3O6/c24-13-7-6-12(16(25)8-13)9-28-17(21(31)26-14-4-2-1-3-5-14)11-27-10-15(23(33)34)19(29)20(30)18(27)22(28)32/h6-8,10,14,17,30H,1-5,9,11H2,(H,26,31)(H,33,34). The molecule has 2 heterocycles. The van der Waals surface area contributed by atoms with E-state index in [-0.39, 0.29) is 18.2 Å². The van der Waals surface area contributed by atoms with Crippen molar-refractivity contribution >= 4 is 17.8 Å². The number of halogens is 2. The van der Waals surface area contributed by atoms with Gasteiger partial charge in [-0.05, 0) is 18.9 Å². The van der Waals surface area contributed by atoms with Crippen molar-refractivity contribution in [2.24, 2.45) is 0 Å². The summed E-state index contributed by atoms with van der Waals surface area (Å²) < 4.78 is 28.8. The Morgan fingerprint density at radius 3 is 2.47 bits per heavy atom. The lowest BCUT2D eigenvalue weighted by atomic mass is 9.95. The van der Waals surface area contributed by atoms with Crippen molar-refractivity contribution in [2.45, 2.75) is 57.3 Å². The van der Waals surface area contributed by atoms with Crippen molar-refractivity contribution in [2.75, 3.05) is 0 Å². The summed E-state index contributed by atoms with van der Waals surface area (Å²) in [5, 5.41) is 22.5. The van der Waals surface area contributed by atoms with Crippen LogP contribution in [-0.2, 0) is 17.9 Å². The molecule has 9 nitrogen and oxygen atoms in total. The van der Waals surface area contributed by atoms with Crippen LogP contribution >= 0.6 is 0 Å². The van der Waals surface area contributed by atoms with Gasteiger partial charge in [-0.1, -0.05) is 25.3 Å². The van der Waals surface area contributed by atoms with Crippen molar-refractivity contribution in [3.63, 3.8) is 0 Å². The number of amides is 2. The Balaban J connectivity index is 1.75. The van der Waals surface area contributed by atoms with E-state index in [0.29, 0.717) is 6.07 Å². The smallest absolute Gasteiger partial charge is 0.341 e. The van der Waals surface area contributed by atoms with Gasteiger partial charge in [-0.15, -0.1) is 0 Å². The molecule has 180 valence electrons. The average Bonchev–Trinajstić information content (AvgIpc) is 2.79. The van der Waals surface area contributed by atoms with Gasteiger partial charge >= 0.3 is 5.97 Å². The molecule has 11 heteroatoms. The first-order valence-electron chi connectivity index (χ1n) is 10.9. The highest BCUT2D eigenvalue weighted by atomic mass is 19.1. The normalized spacial score (nSPS) is 18.5. The Bertz CT molecular complexity index is 1220. The zero-order valence-electron chi connectivity index (χ0n) is 18.1. The van der Waals surface area contributed by atoms with Gasteiger partial charge < -0.3 is 25.0 Å². The van der Waals surface area contributed by atoms with E-state index in [2.05, 4.69) is 5.32 Å². The molecule has 1 atom stereocenters. The fraction of sp³-hybridized carbons (Fsp3) is 0.391. The van der Waals surface area contributed by atoms with Crippen LogP contribution in [0.15, 0.2) is 29.2 Å². The molecule has 2 aliphatic rings. The highest BCUT2D eigenvalue weighted by Gasteiger charge is 2.40. The third-order valence-electron chi connectivity index (χ3n) is 6.31. The second-order valence-corrected chi connectivity index (χ2v) is 8.55. The average molecular weight is 475 g/mol. The monoisotopic (exact) mass is 475 g/mol. The summed E-state index contributed by atoms with van der Waals surface area (Å²) in [6, 6.07) is 1.52. The maximum absolute atomic E-state index is 14.4. The lowest BCUT2D eigenvalue weighted by molar-refractivity contribution is -0.127. The minimum atomic E-state index is -1.60. The Morgan fingerprint density at radius 1 is 1.12 bits per heavy atom. The molecule has 0 saturated heterocycles. The molecule has 1 saturated carbocycles. The molecule has 1 aromatic heterocycles. The molecule has 34 heavy (non-hydrogen) atoms. The van der Waals surface area contributed by atoms with E-state index in [1.54, 1.807) is 0 Å². The summed E-state index contributed by atoms with van der Waals surface area (Å²) >= 11 is 0. The molecule has 1 aromatic carbocycles. The molecule has 3 N–H and O–H groups in total. The van der Waals surface area contributed by atoms with Gasteiger partial charge in [0, 0.05) is 30.4 Å². The van der Waals surface area contributed by atoms with E-state index in [1.165, 1.54) is 0 Å². The first-order chi connectivity index (χ1) is 16.2. The number of carboxylic acids is 1. The van der Waals surface area contributed by atoms with E-state index in [9.17, 15) is 38.2 Å². The van der Waals surface area contributed by atoms with E-state index >= 15 is 0 Å². The molecule has 2 amide bonds. The van der Waals surface area contributed by atoms with Crippen LogP contribution in [0.25, 0.3) is 0 Å². The molecule has 1 aliphatic heterocycles. The van der Waals surface area contributed by atoms with Gasteiger partial charge in [-0.3, -0.25) is 14.4 Å². The number of hydrogen-bond donors (Lipinski definition) is 3. The molecule has 2 aromatic rings. The van der Waals surface area contributed by atoms with Crippen molar-refractivity contribution in [3.05, 3.63) is 63.1 Å². The third kappa shape index (κ3) is 4.37. The summed E-state index contributed by atoms with van der Waals surface area (Å²) in [4.78, 5) is 51.3. The second-order valence-electron chi connectivity index (χ2n) is 8.55. The van der Waals surface area contributed by atoms with Crippen molar-refractivity contribution in [1.29, 1.82) is 0 Å². The molecule has 0 radical (unpaired) electrons. The van der Waals surface area contributed by atoms with Crippen LogP contribution in [0.4, 0.5) is 8.78 Å². The van der Waals surface area contributed by atoms with Gasteiger partial charge in [0.2, 0.25) is 11.3 Å². The summed E-state index contributed by atoms with van der Waals surface area (Å²) in [5.74, 6) is -5.88. The van der Waals surface area contributed by atoms with Crippen molar-refractivity contribution in [1.82, 2.24) is 14.8 Å². The van der Waals surface area contributed by atoms with Crippen LogP contribution in [0.5, 0.6) is 5.75 Å². The number of carbonyl (C=O) groups excluding carboxylic acids is 2. The molecule has 1 aliphatic carbocycles. The number of nitrogens with zero attached hydrogens (tertiary/aromatic N) is 2. The van der Waals surface area contributed by atoms with Crippen molar-refractivity contribution in [3.8, 4) is 5.75 Å². The number of aromatic hydroxyl groups is 1. The maximum Gasteiger partial charge on any atom is 0.341 e. The van der Waals surface area contributed by atoms with Gasteiger partial charge in [0.15, 0.2) is 11.4 Å². The Hall–Kier alpha value is -3.76. The highest BCUT2D eigenvalue weighted by molar-refractivity contribution is 6.00. The number of nitrogens with one attached hydrogen (secondary N) is 1. The second kappa shape index (κ2) is 9.24. The number of pyridine rings is 1. The van der Waals surface area contributed by atoms with Crippen LogP contribution in [0.3, 0.4) is 0 Å². The lowest BCUT2D eigenvalue weighted by Gasteiger charge is -2.38. The Labute approximate surface area is 192 Å². The first kappa shape index (κ1) is 23.4. The number of benzene rings is 1. The van der Waals surface area contributed by atoms with Gasteiger partial charge in [-0.25, -0.2) is 13.6 Å². The van der Waals surface area contributed by atoms with E-state index in [4.69, 9.17) is 0 Å². The Kier molecular flexibility index (Phi) is 6.36. The van der Waals surface area contributed by atoms with Crippen LogP contribution in [-0.4, -0.2) is 49.5 Å². The minimum absolute atomic E-state index is 0.0670. The highest BCUT2D eigenvalue weighted by Crippen LogP contribution is 2.27. The van der Waals surface area contributed by atoms with Crippen LogP contribution in [0.1, 0.15) is 58.5 Å². The molecule has 0 spiro atoms. The molecule has 1 fully saturated rings. The van der Waals surface area contributed by atoms with Crippen LogP contribution in [0.2, 0.25) is 0 Å². The number of rotatable bonds is 5. The van der Waals surface area contributed by atoms with E-state index in [0.717, 1.165) is 59.9 Å². The van der Waals surface area contributed by atoms with Gasteiger partial charge in [0.1, 0.15) is 23.2 Å². The number of fused-ring (bicyclic) bond motifs is 1. The molecular weight excluding hydrogens is 452 g/mol. The molecular formula is C23H23F2N3O6. The number of carbonyl (C=O) groups is 3. The zero-order valence-corrected chi connectivity index (χ0v) is 18.1. The number of carboxylic acid groups (broad SMARTS) is 1. The number of aromatic nitrogens is 1. The fourth-order valence-corrected chi connectivity index (χ4v) is 4.52. The molecule has 1 unspecified atom stereocenters. The maximum atomic E-state index is 14.4. The molecule has 4 rings (SSSR count). The molecule has 0 bridgehead atoms. The minimum Gasteiger partial charge on any atom is -0.503 e. The largest absolute Gasteiger partial charge is 0.503 e. The van der Waals surface area contributed by atoms with E-state index in [1.807, 2.05) is 0 Å². The zero-order chi connectivity index (χ0) is 24.6. The lowest BCUT2D eigenvalue weighted by Crippen LogP contribution is -2.57. The van der Waals surface area contributed by atoms with E-state index < -0.39 is 64.4 Å². The van der Waals surface area contributed by atoms with Gasteiger partial charge in [-0.2, -0.15) is 0 Å². The summed E-state index contributed by atoms with van der Waals surface area (Å²) in [6.07, 6.45) is 5.40. The van der Waals surface area contributed by atoms with Crippen LogP contribution in [0, 0.1) is 11.6 Å². The summed E-state index contributed by atoms with van der Waals surface area (Å²) in [6.45, 7) is -0.696. The summed E-state index contributed by atoms with van der Waals surface area (Å²) in [7, 11) is 0. The van der Waals surface area contributed by atoms with Crippen molar-refractivity contribution < 1.29 is 33.4 Å². The first-order valence-corrected chi connectivity index (χ1v) is 10.9. The summed E-state index contributed by atoms with van der Waals surface area (Å²) in [5.41, 5.74) is -2.56. The SMILES string of the molecule is O=C(O)c1cn2c(c(O)c1=O)C(=O)N(Cc1ccc(F)cc1F)C(C(=O)NC1CCCCC1)C2. The van der Waals surface area contributed by atoms with Gasteiger partial charge in [0.05, 0.1) is 6.54 Å². The predicted octanol–water partition coefficient (Wildman–Crippen LogP) is 2.00. The third-order valence-corrected chi connectivity index (χ3v) is 6.31. The number of hydrogen-bond acceptors (Lipinski definition) is 5. The fourth-order valence-electron chi connectivity index (χ4n) is 4.52. The van der Waals surface area contributed by atoms with Gasteiger partial charge in [0.25, 0.3) is 5.91 Å². The number of aromatic carboxylic acids is 1.